The molecule has 2 aliphatic heterocycles. The SMILES string of the molecule is CN=C(NCc1ccc(CN2CCOCC2)cc1)N1CCN(c2cccs2)CC1. The minimum absolute atomic E-state index is 0.801. The summed E-state index contributed by atoms with van der Waals surface area (Å²) in [4.78, 5) is 11.8. The minimum Gasteiger partial charge on any atom is -0.379 e. The molecule has 29 heavy (non-hydrogen) atoms. The van der Waals surface area contributed by atoms with Gasteiger partial charge in [-0.2, -0.15) is 0 Å². The number of anilines is 1. The summed E-state index contributed by atoms with van der Waals surface area (Å²) in [6.45, 7) is 9.63. The Labute approximate surface area is 177 Å². The van der Waals surface area contributed by atoms with Crippen molar-refractivity contribution in [1.29, 1.82) is 0 Å². The summed E-state index contributed by atoms with van der Waals surface area (Å²) in [5, 5.41) is 7.05. The van der Waals surface area contributed by atoms with Crippen molar-refractivity contribution in [3.05, 3.63) is 52.9 Å². The van der Waals surface area contributed by atoms with Gasteiger partial charge in [-0.1, -0.05) is 24.3 Å². The Kier molecular flexibility index (Phi) is 7.03. The first-order chi connectivity index (χ1) is 14.3. The van der Waals surface area contributed by atoms with E-state index in [1.54, 1.807) is 0 Å². The molecule has 156 valence electrons. The molecule has 0 amide bonds. The Hall–Kier alpha value is -2.09. The van der Waals surface area contributed by atoms with E-state index in [2.05, 4.69) is 66.8 Å². The maximum Gasteiger partial charge on any atom is 0.194 e. The molecule has 0 unspecified atom stereocenters. The summed E-state index contributed by atoms with van der Waals surface area (Å²) >= 11 is 1.82. The molecule has 2 saturated heterocycles. The fourth-order valence-electron chi connectivity index (χ4n) is 3.88. The highest BCUT2D eigenvalue weighted by Gasteiger charge is 2.20. The Morgan fingerprint density at radius 1 is 1.00 bits per heavy atom. The molecule has 2 fully saturated rings. The Balaban J connectivity index is 1.24. The van der Waals surface area contributed by atoms with Crippen molar-refractivity contribution in [2.75, 3.05) is 64.4 Å². The van der Waals surface area contributed by atoms with Crippen molar-refractivity contribution in [3.8, 4) is 0 Å². The second-order valence-electron chi connectivity index (χ2n) is 7.53. The van der Waals surface area contributed by atoms with Crippen LogP contribution in [0.25, 0.3) is 0 Å². The van der Waals surface area contributed by atoms with Gasteiger partial charge in [-0.05, 0) is 28.6 Å². The lowest BCUT2D eigenvalue weighted by atomic mass is 10.1. The molecular formula is C22H31N5OS. The molecule has 4 rings (SSSR count). The monoisotopic (exact) mass is 413 g/mol. The van der Waals surface area contributed by atoms with E-state index < -0.39 is 0 Å². The molecule has 1 N–H and O–H groups in total. The molecule has 2 aliphatic rings. The van der Waals surface area contributed by atoms with Crippen LogP contribution in [0.2, 0.25) is 0 Å². The van der Waals surface area contributed by atoms with Crippen molar-refractivity contribution in [1.82, 2.24) is 15.1 Å². The van der Waals surface area contributed by atoms with E-state index in [0.29, 0.717) is 0 Å². The second-order valence-corrected chi connectivity index (χ2v) is 8.46. The molecule has 6 nitrogen and oxygen atoms in total. The molecule has 7 heteroatoms. The largest absolute Gasteiger partial charge is 0.379 e. The topological polar surface area (TPSA) is 43.3 Å². The first-order valence-corrected chi connectivity index (χ1v) is 11.3. The van der Waals surface area contributed by atoms with E-state index >= 15 is 0 Å². The van der Waals surface area contributed by atoms with E-state index in [1.165, 1.54) is 16.1 Å². The second kappa shape index (κ2) is 10.1. The zero-order valence-corrected chi connectivity index (χ0v) is 18.0. The summed E-state index contributed by atoms with van der Waals surface area (Å²) in [6.07, 6.45) is 0. The molecule has 0 aliphatic carbocycles. The molecule has 2 aromatic rings. The van der Waals surface area contributed by atoms with Crippen LogP contribution in [0.5, 0.6) is 0 Å². The van der Waals surface area contributed by atoms with Crippen LogP contribution in [0.1, 0.15) is 11.1 Å². The van der Waals surface area contributed by atoms with Crippen LogP contribution in [0.3, 0.4) is 0 Å². The standard InChI is InChI=1S/C22H31N5OS/c1-23-22(27-10-8-26(9-11-27)21-3-2-16-29-21)24-17-19-4-6-20(7-5-19)18-25-12-14-28-15-13-25/h2-7,16H,8-15,17-18H2,1H3,(H,23,24). The van der Waals surface area contributed by atoms with Gasteiger partial charge in [0.15, 0.2) is 5.96 Å². The first kappa shape index (κ1) is 20.2. The van der Waals surface area contributed by atoms with Crippen molar-refractivity contribution < 1.29 is 4.74 Å². The van der Waals surface area contributed by atoms with Gasteiger partial charge in [-0.15, -0.1) is 11.3 Å². The van der Waals surface area contributed by atoms with Crippen LogP contribution in [0, 0.1) is 0 Å². The van der Waals surface area contributed by atoms with E-state index in [-0.39, 0.29) is 0 Å². The fraction of sp³-hybridized carbons (Fsp3) is 0.500. The summed E-state index contributed by atoms with van der Waals surface area (Å²) in [5.74, 6) is 0.994. The molecule has 3 heterocycles. The zero-order valence-electron chi connectivity index (χ0n) is 17.2. The van der Waals surface area contributed by atoms with Gasteiger partial charge < -0.3 is 19.9 Å². The predicted octanol–water partition coefficient (Wildman–Crippen LogP) is 2.48. The number of nitrogens with one attached hydrogen (secondary N) is 1. The number of hydrogen-bond acceptors (Lipinski definition) is 5. The lowest BCUT2D eigenvalue weighted by molar-refractivity contribution is 0.0342. The van der Waals surface area contributed by atoms with Crippen LogP contribution in [0.4, 0.5) is 5.00 Å². The summed E-state index contributed by atoms with van der Waals surface area (Å²) in [5.41, 5.74) is 2.65. The third kappa shape index (κ3) is 5.50. The van der Waals surface area contributed by atoms with Crippen molar-refractivity contribution >= 4 is 22.3 Å². The summed E-state index contributed by atoms with van der Waals surface area (Å²) in [7, 11) is 1.87. The normalized spacial score (nSPS) is 18.9. The minimum atomic E-state index is 0.801. The Morgan fingerprint density at radius 3 is 2.38 bits per heavy atom. The van der Waals surface area contributed by atoms with E-state index in [0.717, 1.165) is 71.5 Å². The molecule has 0 bridgehead atoms. The van der Waals surface area contributed by atoms with Crippen LogP contribution in [-0.2, 0) is 17.8 Å². The highest BCUT2D eigenvalue weighted by molar-refractivity contribution is 7.14. The quantitative estimate of drug-likeness (QED) is 0.603. The van der Waals surface area contributed by atoms with Gasteiger partial charge in [0.2, 0.25) is 0 Å². The Bertz CT molecular complexity index is 763. The number of nitrogens with zero attached hydrogens (tertiary/aromatic N) is 4. The molecule has 0 saturated carbocycles. The maximum absolute atomic E-state index is 5.43. The Morgan fingerprint density at radius 2 is 1.72 bits per heavy atom. The van der Waals surface area contributed by atoms with Gasteiger partial charge in [0.25, 0.3) is 0 Å². The lowest BCUT2D eigenvalue weighted by Crippen LogP contribution is -2.52. The van der Waals surface area contributed by atoms with Gasteiger partial charge in [0.1, 0.15) is 0 Å². The average Bonchev–Trinajstić information content (AvgIpc) is 3.31. The summed E-state index contributed by atoms with van der Waals surface area (Å²) < 4.78 is 5.43. The molecular weight excluding hydrogens is 382 g/mol. The predicted molar refractivity (Wildman–Crippen MR) is 121 cm³/mol. The fourth-order valence-corrected chi connectivity index (χ4v) is 4.67. The first-order valence-electron chi connectivity index (χ1n) is 10.4. The molecule has 0 radical (unpaired) electrons. The number of rotatable bonds is 5. The smallest absolute Gasteiger partial charge is 0.194 e. The number of hydrogen-bond donors (Lipinski definition) is 1. The maximum atomic E-state index is 5.43. The van der Waals surface area contributed by atoms with E-state index in [9.17, 15) is 0 Å². The lowest BCUT2D eigenvalue weighted by Gasteiger charge is -2.37. The van der Waals surface area contributed by atoms with E-state index in [1.807, 2.05) is 18.4 Å². The number of morpholine rings is 1. The third-order valence-electron chi connectivity index (χ3n) is 5.59. The highest BCUT2D eigenvalue weighted by Crippen LogP contribution is 2.22. The van der Waals surface area contributed by atoms with Crippen LogP contribution in [-0.4, -0.2) is 75.3 Å². The number of benzene rings is 1. The average molecular weight is 414 g/mol. The number of thiophene rings is 1. The van der Waals surface area contributed by atoms with Gasteiger partial charge >= 0.3 is 0 Å². The number of guanidine groups is 1. The molecule has 1 aromatic carbocycles. The zero-order chi connectivity index (χ0) is 19.9. The third-order valence-corrected chi connectivity index (χ3v) is 6.52. The van der Waals surface area contributed by atoms with Crippen molar-refractivity contribution in [2.24, 2.45) is 4.99 Å². The van der Waals surface area contributed by atoms with Gasteiger partial charge in [-0.25, -0.2) is 0 Å². The molecule has 0 atom stereocenters. The van der Waals surface area contributed by atoms with Crippen LogP contribution in [0.15, 0.2) is 46.8 Å². The highest BCUT2D eigenvalue weighted by atomic mass is 32.1. The molecule has 1 aromatic heterocycles. The number of ether oxygens (including phenoxy) is 1. The summed E-state index contributed by atoms with van der Waals surface area (Å²) in [6, 6.07) is 13.3. The van der Waals surface area contributed by atoms with E-state index in [4.69, 9.17) is 4.74 Å². The van der Waals surface area contributed by atoms with Gasteiger partial charge in [0, 0.05) is 59.4 Å². The van der Waals surface area contributed by atoms with Crippen molar-refractivity contribution in [3.63, 3.8) is 0 Å². The molecule has 0 spiro atoms. The van der Waals surface area contributed by atoms with Crippen molar-refractivity contribution in [2.45, 2.75) is 13.1 Å². The number of piperazine rings is 1. The van der Waals surface area contributed by atoms with Crippen LogP contribution >= 0.6 is 11.3 Å². The van der Waals surface area contributed by atoms with Gasteiger partial charge in [0.05, 0.1) is 18.2 Å². The number of aliphatic imine (C=N–C) groups is 1. The van der Waals surface area contributed by atoms with Gasteiger partial charge in [-0.3, -0.25) is 9.89 Å². The van der Waals surface area contributed by atoms with Crippen LogP contribution < -0.4 is 10.2 Å².